The van der Waals surface area contributed by atoms with Gasteiger partial charge in [-0.05, 0) is 6.92 Å². The van der Waals surface area contributed by atoms with Crippen LogP contribution in [0.3, 0.4) is 0 Å². The summed E-state index contributed by atoms with van der Waals surface area (Å²) < 4.78 is 9.10. The van der Waals surface area contributed by atoms with Gasteiger partial charge in [0.1, 0.15) is 5.76 Å². The predicted octanol–water partition coefficient (Wildman–Crippen LogP) is 0.971. The van der Waals surface area contributed by atoms with Crippen LogP contribution in [0.5, 0.6) is 0 Å². The summed E-state index contributed by atoms with van der Waals surface area (Å²) in [6, 6.07) is 0. The molecule has 4 heteroatoms. The molecule has 0 saturated carbocycles. The van der Waals surface area contributed by atoms with Gasteiger partial charge in [0.25, 0.3) is 0 Å². The lowest BCUT2D eigenvalue weighted by atomic mass is 10.4. The summed E-state index contributed by atoms with van der Waals surface area (Å²) >= 11 is 3.90. The highest BCUT2D eigenvalue weighted by Gasteiger charge is 2.03. The Morgan fingerprint density at radius 3 is 2.44 bits per heavy atom. The third-order valence-corrected chi connectivity index (χ3v) is 1.27. The summed E-state index contributed by atoms with van der Waals surface area (Å²) in [6.45, 7) is 1.66. The van der Waals surface area contributed by atoms with Crippen molar-refractivity contribution in [3.8, 4) is 0 Å². The first kappa shape index (κ1) is 6.48. The van der Waals surface area contributed by atoms with Gasteiger partial charge < -0.3 is 8.83 Å². The molecule has 0 aliphatic rings. The number of aryl methyl sites for hydroxylation is 1. The van der Waals surface area contributed by atoms with Gasteiger partial charge in [-0.1, -0.05) is 0 Å². The Morgan fingerprint density at radius 1 is 1.56 bits per heavy atom. The van der Waals surface area contributed by atoms with E-state index >= 15 is 0 Å². The number of hydrogen-bond donors (Lipinski definition) is 1. The van der Waals surface area contributed by atoms with E-state index in [0.29, 0.717) is 17.3 Å². The molecule has 0 atom stereocenters. The third-order valence-electron chi connectivity index (χ3n) is 0.979. The Bertz CT molecular complexity index is 247. The second kappa shape index (κ2) is 2.31. The van der Waals surface area contributed by atoms with E-state index in [1.165, 1.54) is 0 Å². The van der Waals surface area contributed by atoms with Gasteiger partial charge in [0.15, 0.2) is 5.76 Å². The molecule has 3 nitrogen and oxygen atoms in total. The first-order valence-corrected chi connectivity index (χ1v) is 3.07. The Kier molecular flexibility index (Phi) is 1.66. The Hall–Kier alpha value is -0.640. The lowest BCUT2D eigenvalue weighted by Gasteiger charge is -1.81. The Morgan fingerprint density at radius 2 is 2.22 bits per heavy atom. The first-order valence-electron chi connectivity index (χ1n) is 2.44. The zero-order valence-electron chi connectivity index (χ0n) is 4.88. The number of thiol groups is 1. The van der Waals surface area contributed by atoms with Gasteiger partial charge >= 0.3 is 5.82 Å². The summed E-state index contributed by atoms with van der Waals surface area (Å²) in [5.74, 6) is 0.757. The smallest absolute Gasteiger partial charge is 0.396 e. The zero-order valence-corrected chi connectivity index (χ0v) is 5.77. The lowest BCUT2D eigenvalue weighted by Crippen LogP contribution is -1.85. The van der Waals surface area contributed by atoms with Gasteiger partial charge in [-0.2, -0.15) is 12.6 Å². The Labute approximate surface area is 57.1 Å². The van der Waals surface area contributed by atoms with Crippen molar-refractivity contribution >= 4 is 12.6 Å². The van der Waals surface area contributed by atoms with Crippen LogP contribution in [0.2, 0.25) is 0 Å². The normalized spacial score (nSPS) is 10.0. The third kappa shape index (κ3) is 1.18. The van der Waals surface area contributed by atoms with Gasteiger partial charge in [0, 0.05) is 0 Å². The van der Waals surface area contributed by atoms with E-state index < -0.39 is 5.82 Å². The molecule has 1 rings (SSSR count). The SMILES string of the molecule is Cc1oc(=O)oc1CS. The molecule has 0 aliphatic heterocycles. The minimum Gasteiger partial charge on any atom is -0.396 e. The van der Waals surface area contributed by atoms with E-state index in [2.05, 4.69) is 21.5 Å². The van der Waals surface area contributed by atoms with E-state index in [9.17, 15) is 4.79 Å². The van der Waals surface area contributed by atoms with Crippen LogP contribution in [-0.2, 0) is 5.75 Å². The largest absolute Gasteiger partial charge is 0.519 e. The van der Waals surface area contributed by atoms with E-state index in [4.69, 9.17) is 0 Å². The van der Waals surface area contributed by atoms with Crippen LogP contribution in [-0.4, -0.2) is 0 Å². The minimum absolute atomic E-state index is 0.400. The molecule has 0 N–H and O–H groups in total. The maximum absolute atomic E-state index is 10.3. The van der Waals surface area contributed by atoms with Gasteiger partial charge in [-0.15, -0.1) is 0 Å². The van der Waals surface area contributed by atoms with Crippen molar-refractivity contribution in [1.82, 2.24) is 0 Å². The summed E-state index contributed by atoms with van der Waals surface area (Å²) in [7, 11) is 0. The average Bonchev–Trinajstić information content (AvgIpc) is 2.10. The molecule has 0 spiro atoms. The summed E-state index contributed by atoms with van der Waals surface area (Å²) in [5.41, 5.74) is 0. The Balaban J connectivity index is 3.16. The van der Waals surface area contributed by atoms with Crippen LogP contribution in [0.15, 0.2) is 13.6 Å². The van der Waals surface area contributed by atoms with Gasteiger partial charge in [0.05, 0.1) is 5.75 Å². The van der Waals surface area contributed by atoms with Crippen molar-refractivity contribution in [2.24, 2.45) is 0 Å². The van der Waals surface area contributed by atoms with Crippen molar-refractivity contribution in [2.75, 3.05) is 0 Å². The highest BCUT2D eigenvalue weighted by atomic mass is 32.1. The fourth-order valence-corrected chi connectivity index (χ4v) is 0.806. The minimum atomic E-state index is -0.656. The predicted molar refractivity (Wildman–Crippen MR) is 34.7 cm³/mol. The van der Waals surface area contributed by atoms with Crippen LogP contribution in [0.1, 0.15) is 11.5 Å². The molecular weight excluding hydrogens is 140 g/mol. The maximum atomic E-state index is 10.3. The molecule has 0 aromatic carbocycles. The van der Waals surface area contributed by atoms with E-state index in [1.807, 2.05) is 0 Å². The number of hydrogen-bond acceptors (Lipinski definition) is 4. The molecule has 1 aromatic heterocycles. The molecule has 0 unspecified atom stereocenters. The molecule has 0 fully saturated rings. The highest BCUT2D eigenvalue weighted by molar-refractivity contribution is 7.79. The van der Waals surface area contributed by atoms with Gasteiger partial charge in [0.2, 0.25) is 0 Å². The summed E-state index contributed by atoms with van der Waals surface area (Å²) in [5, 5.41) is 0. The van der Waals surface area contributed by atoms with Crippen molar-refractivity contribution in [2.45, 2.75) is 12.7 Å². The number of rotatable bonds is 1. The fourth-order valence-electron chi connectivity index (χ4n) is 0.519. The van der Waals surface area contributed by atoms with Crippen LogP contribution in [0.25, 0.3) is 0 Å². The van der Waals surface area contributed by atoms with Crippen molar-refractivity contribution in [1.29, 1.82) is 0 Å². The van der Waals surface area contributed by atoms with E-state index in [-0.39, 0.29) is 0 Å². The average molecular weight is 146 g/mol. The monoisotopic (exact) mass is 146 g/mol. The second-order valence-corrected chi connectivity index (χ2v) is 1.91. The molecule has 0 amide bonds. The molecule has 1 heterocycles. The molecule has 9 heavy (non-hydrogen) atoms. The van der Waals surface area contributed by atoms with Crippen LogP contribution in [0.4, 0.5) is 0 Å². The topological polar surface area (TPSA) is 43.4 Å². The van der Waals surface area contributed by atoms with Gasteiger partial charge in [-0.3, -0.25) is 0 Å². The molecule has 0 saturated heterocycles. The highest BCUT2D eigenvalue weighted by Crippen LogP contribution is 2.06. The quantitative estimate of drug-likeness (QED) is 0.600. The lowest BCUT2D eigenvalue weighted by molar-refractivity contribution is 0.372. The van der Waals surface area contributed by atoms with E-state index in [0.717, 1.165) is 0 Å². The van der Waals surface area contributed by atoms with Crippen LogP contribution < -0.4 is 5.82 Å². The fraction of sp³-hybridized carbons (Fsp3) is 0.400. The van der Waals surface area contributed by atoms with Gasteiger partial charge in [-0.25, -0.2) is 4.79 Å². The molecule has 0 bridgehead atoms. The zero-order chi connectivity index (χ0) is 6.85. The summed E-state index contributed by atoms with van der Waals surface area (Å²) in [6.07, 6.45) is 0. The standard InChI is InChI=1S/C5H6O3S/c1-3-4(2-9)8-5(6)7-3/h9H,2H2,1H3. The molecule has 50 valence electrons. The van der Waals surface area contributed by atoms with E-state index in [1.54, 1.807) is 6.92 Å². The van der Waals surface area contributed by atoms with Crippen molar-refractivity contribution in [3.05, 3.63) is 22.1 Å². The molecule has 0 radical (unpaired) electrons. The van der Waals surface area contributed by atoms with Crippen molar-refractivity contribution < 1.29 is 8.83 Å². The maximum Gasteiger partial charge on any atom is 0.519 e. The van der Waals surface area contributed by atoms with Crippen molar-refractivity contribution in [3.63, 3.8) is 0 Å². The molecule has 0 aliphatic carbocycles. The first-order chi connectivity index (χ1) is 4.24. The van der Waals surface area contributed by atoms with Crippen LogP contribution in [0, 0.1) is 6.92 Å². The molecular formula is C5H6O3S. The molecule has 1 aromatic rings. The van der Waals surface area contributed by atoms with Crippen LogP contribution >= 0.6 is 12.6 Å². The summed E-state index contributed by atoms with van der Waals surface area (Å²) in [4.78, 5) is 10.3. The second-order valence-electron chi connectivity index (χ2n) is 1.59.